The lowest BCUT2D eigenvalue weighted by Gasteiger charge is -2.35. The topological polar surface area (TPSA) is 61.9 Å². The fraction of sp³-hybridized carbons (Fsp3) is 0.579. The van der Waals surface area contributed by atoms with E-state index in [-0.39, 0.29) is 11.8 Å². The van der Waals surface area contributed by atoms with Gasteiger partial charge in [0, 0.05) is 57.9 Å². The first-order chi connectivity index (χ1) is 12.2. The molecule has 0 radical (unpaired) electrons. The van der Waals surface area contributed by atoms with Crippen LogP contribution in [0.3, 0.4) is 0 Å². The number of nitrogens with one attached hydrogen (secondary N) is 1. The van der Waals surface area contributed by atoms with Gasteiger partial charge in [0.25, 0.3) is 5.91 Å². The van der Waals surface area contributed by atoms with Crippen LogP contribution < -0.4 is 5.32 Å². The molecular formula is C19H27N3O3. The van der Waals surface area contributed by atoms with Crippen molar-refractivity contribution < 1.29 is 14.3 Å². The minimum Gasteiger partial charge on any atom is -0.377 e. The van der Waals surface area contributed by atoms with Crippen molar-refractivity contribution in [1.82, 2.24) is 15.1 Å². The van der Waals surface area contributed by atoms with E-state index < -0.39 is 0 Å². The zero-order chi connectivity index (χ0) is 17.5. The summed E-state index contributed by atoms with van der Waals surface area (Å²) in [5.41, 5.74) is 0.623. The Kier molecular flexibility index (Phi) is 6.42. The van der Waals surface area contributed by atoms with Gasteiger partial charge in [-0.25, -0.2) is 0 Å². The number of ether oxygens (including phenoxy) is 1. The van der Waals surface area contributed by atoms with Gasteiger partial charge in [-0.3, -0.25) is 14.5 Å². The molecule has 2 amide bonds. The van der Waals surface area contributed by atoms with Gasteiger partial charge in [0.05, 0.1) is 6.10 Å². The third kappa shape index (κ3) is 5.28. The van der Waals surface area contributed by atoms with E-state index in [0.717, 1.165) is 52.2 Å². The van der Waals surface area contributed by atoms with Crippen LogP contribution in [0.25, 0.3) is 0 Å². The molecule has 3 rings (SSSR count). The first-order valence-corrected chi connectivity index (χ1v) is 9.17. The summed E-state index contributed by atoms with van der Waals surface area (Å²) >= 11 is 0. The van der Waals surface area contributed by atoms with E-state index in [1.54, 1.807) is 12.1 Å². The Morgan fingerprint density at radius 2 is 1.88 bits per heavy atom. The van der Waals surface area contributed by atoms with E-state index in [4.69, 9.17) is 4.74 Å². The molecule has 1 N–H and O–H groups in total. The smallest absolute Gasteiger partial charge is 0.251 e. The van der Waals surface area contributed by atoms with Crippen LogP contribution in [0.1, 0.15) is 29.6 Å². The molecule has 1 atom stereocenters. The molecular weight excluding hydrogens is 318 g/mol. The van der Waals surface area contributed by atoms with Gasteiger partial charge in [0.2, 0.25) is 5.91 Å². The zero-order valence-corrected chi connectivity index (χ0v) is 14.7. The number of amides is 2. The summed E-state index contributed by atoms with van der Waals surface area (Å²) in [5.74, 6) is -0.0140. The van der Waals surface area contributed by atoms with E-state index in [0.29, 0.717) is 24.6 Å². The molecule has 0 spiro atoms. The highest BCUT2D eigenvalue weighted by Gasteiger charge is 2.24. The van der Waals surface area contributed by atoms with Crippen LogP contribution in [0.2, 0.25) is 0 Å². The van der Waals surface area contributed by atoms with Crippen LogP contribution in [-0.2, 0) is 9.53 Å². The van der Waals surface area contributed by atoms with Gasteiger partial charge in [-0.2, -0.15) is 0 Å². The maximum absolute atomic E-state index is 12.3. The molecule has 6 nitrogen and oxygen atoms in total. The molecule has 6 heteroatoms. The summed E-state index contributed by atoms with van der Waals surface area (Å²) in [5, 5.41) is 2.81. The number of piperazine rings is 1. The second-order valence-corrected chi connectivity index (χ2v) is 6.69. The first-order valence-electron chi connectivity index (χ1n) is 9.17. The molecule has 136 valence electrons. The van der Waals surface area contributed by atoms with Crippen molar-refractivity contribution in [1.29, 1.82) is 0 Å². The minimum absolute atomic E-state index is 0.116. The van der Waals surface area contributed by atoms with Crippen molar-refractivity contribution in [3.05, 3.63) is 35.9 Å². The van der Waals surface area contributed by atoms with Crippen LogP contribution in [0, 0.1) is 0 Å². The molecule has 2 aliphatic heterocycles. The molecule has 0 aliphatic carbocycles. The number of rotatable bonds is 6. The van der Waals surface area contributed by atoms with Crippen molar-refractivity contribution in [2.75, 3.05) is 45.9 Å². The van der Waals surface area contributed by atoms with E-state index in [1.807, 2.05) is 23.1 Å². The Morgan fingerprint density at radius 3 is 2.56 bits per heavy atom. The predicted octanol–water partition coefficient (Wildman–Crippen LogP) is 1.13. The number of benzene rings is 1. The molecule has 2 fully saturated rings. The Balaban J connectivity index is 1.33. The van der Waals surface area contributed by atoms with Gasteiger partial charge in [0.1, 0.15) is 0 Å². The average molecular weight is 345 g/mol. The van der Waals surface area contributed by atoms with E-state index in [2.05, 4.69) is 10.2 Å². The average Bonchev–Trinajstić information content (AvgIpc) is 3.16. The van der Waals surface area contributed by atoms with Crippen molar-refractivity contribution in [2.24, 2.45) is 0 Å². The van der Waals surface area contributed by atoms with Gasteiger partial charge in [-0.1, -0.05) is 18.2 Å². The van der Waals surface area contributed by atoms with Gasteiger partial charge in [-0.05, 0) is 25.0 Å². The lowest BCUT2D eigenvalue weighted by atomic mass is 10.2. The Bertz CT molecular complexity index is 565. The zero-order valence-electron chi connectivity index (χ0n) is 14.7. The molecule has 0 unspecified atom stereocenters. The highest BCUT2D eigenvalue weighted by atomic mass is 16.5. The van der Waals surface area contributed by atoms with E-state index in [1.165, 1.54) is 0 Å². The molecule has 2 aliphatic rings. The summed E-state index contributed by atoms with van der Waals surface area (Å²) in [6, 6.07) is 9.07. The van der Waals surface area contributed by atoms with Crippen molar-refractivity contribution in [3.8, 4) is 0 Å². The largest absolute Gasteiger partial charge is 0.377 e. The molecule has 1 aromatic rings. The van der Waals surface area contributed by atoms with Crippen molar-refractivity contribution >= 4 is 11.8 Å². The maximum atomic E-state index is 12.3. The maximum Gasteiger partial charge on any atom is 0.251 e. The van der Waals surface area contributed by atoms with Gasteiger partial charge >= 0.3 is 0 Å². The quantitative estimate of drug-likeness (QED) is 0.840. The molecule has 0 saturated carbocycles. The second kappa shape index (κ2) is 8.97. The van der Waals surface area contributed by atoms with Crippen molar-refractivity contribution in [2.45, 2.75) is 25.4 Å². The monoisotopic (exact) mass is 345 g/mol. The van der Waals surface area contributed by atoms with E-state index >= 15 is 0 Å². The normalized spacial score (nSPS) is 21.3. The summed E-state index contributed by atoms with van der Waals surface area (Å²) in [7, 11) is 0. The number of hydrogen-bond acceptors (Lipinski definition) is 4. The minimum atomic E-state index is -0.130. The van der Waals surface area contributed by atoms with Gasteiger partial charge in [-0.15, -0.1) is 0 Å². The van der Waals surface area contributed by atoms with Gasteiger partial charge in [0.15, 0.2) is 0 Å². The van der Waals surface area contributed by atoms with Crippen molar-refractivity contribution in [3.63, 3.8) is 0 Å². The molecule has 25 heavy (non-hydrogen) atoms. The third-order valence-corrected chi connectivity index (χ3v) is 4.87. The Morgan fingerprint density at radius 1 is 1.12 bits per heavy atom. The molecule has 2 saturated heterocycles. The fourth-order valence-electron chi connectivity index (χ4n) is 3.39. The second-order valence-electron chi connectivity index (χ2n) is 6.69. The molecule has 1 aromatic carbocycles. The van der Waals surface area contributed by atoms with Gasteiger partial charge < -0.3 is 15.0 Å². The Hall–Kier alpha value is -1.92. The van der Waals surface area contributed by atoms with Crippen LogP contribution in [0.5, 0.6) is 0 Å². The highest BCUT2D eigenvalue weighted by molar-refractivity contribution is 5.94. The number of nitrogens with zero attached hydrogens (tertiary/aromatic N) is 2. The standard InChI is InChI=1S/C19H27N3O3/c23-18(8-9-20-19(24)16-5-2-1-3-6-16)22-12-10-21(11-13-22)15-17-7-4-14-25-17/h1-3,5-6,17H,4,7-15H2,(H,20,24)/t17-/m1/s1. The number of hydrogen-bond donors (Lipinski definition) is 1. The summed E-state index contributed by atoms with van der Waals surface area (Å²) < 4.78 is 5.68. The lowest BCUT2D eigenvalue weighted by molar-refractivity contribution is -0.132. The highest BCUT2D eigenvalue weighted by Crippen LogP contribution is 2.14. The molecule has 2 heterocycles. The van der Waals surface area contributed by atoms with Crippen LogP contribution >= 0.6 is 0 Å². The number of carbonyl (C=O) groups excluding carboxylic acids is 2. The SMILES string of the molecule is O=C(NCCC(=O)N1CCN(C[C@H]2CCCO2)CC1)c1ccccc1. The molecule has 0 aromatic heterocycles. The van der Waals surface area contributed by atoms with E-state index in [9.17, 15) is 9.59 Å². The predicted molar refractivity (Wildman–Crippen MR) is 95.4 cm³/mol. The number of carbonyl (C=O) groups is 2. The lowest BCUT2D eigenvalue weighted by Crippen LogP contribution is -2.50. The fourth-order valence-corrected chi connectivity index (χ4v) is 3.39. The summed E-state index contributed by atoms with van der Waals surface area (Å²) in [4.78, 5) is 28.5. The first kappa shape index (κ1) is 17.9. The molecule has 0 bridgehead atoms. The summed E-state index contributed by atoms with van der Waals surface area (Å²) in [6.45, 7) is 5.58. The van der Waals surface area contributed by atoms with Crippen LogP contribution in [-0.4, -0.2) is 73.6 Å². The Labute approximate surface area is 149 Å². The van der Waals surface area contributed by atoms with Crippen LogP contribution in [0.4, 0.5) is 0 Å². The summed E-state index contributed by atoms with van der Waals surface area (Å²) in [6.07, 6.45) is 3.04. The van der Waals surface area contributed by atoms with Crippen LogP contribution in [0.15, 0.2) is 30.3 Å². The third-order valence-electron chi connectivity index (χ3n) is 4.87.